The zero-order valence-corrected chi connectivity index (χ0v) is 12.4. The van der Waals surface area contributed by atoms with Gasteiger partial charge in [-0.15, -0.1) is 11.3 Å². The molecule has 1 aliphatic rings. The van der Waals surface area contributed by atoms with Gasteiger partial charge in [-0.05, 0) is 38.3 Å². The molecule has 2 rings (SSSR count). The van der Waals surface area contributed by atoms with Crippen LogP contribution in [0.25, 0.3) is 0 Å². The summed E-state index contributed by atoms with van der Waals surface area (Å²) in [5.41, 5.74) is 0.151. The van der Waals surface area contributed by atoms with Crippen LogP contribution in [-0.2, 0) is 0 Å². The molecule has 1 saturated carbocycles. The Labute approximate surface area is 115 Å². The number of hydrogen-bond acceptors (Lipinski definition) is 3. The second-order valence-electron chi connectivity index (χ2n) is 5.83. The Balaban J connectivity index is 1.98. The van der Waals surface area contributed by atoms with Gasteiger partial charge in [-0.2, -0.15) is 0 Å². The summed E-state index contributed by atoms with van der Waals surface area (Å²) in [6, 6.07) is 4.78. The lowest BCUT2D eigenvalue weighted by molar-refractivity contribution is 0.0380. The van der Waals surface area contributed by atoms with E-state index in [1.807, 2.05) is 11.3 Å². The van der Waals surface area contributed by atoms with Crippen molar-refractivity contribution in [3.63, 3.8) is 0 Å². The van der Waals surface area contributed by atoms with E-state index in [0.29, 0.717) is 12.6 Å². The van der Waals surface area contributed by atoms with Crippen molar-refractivity contribution in [2.45, 2.75) is 45.1 Å². The summed E-state index contributed by atoms with van der Waals surface area (Å²) >= 11 is 1.82. The summed E-state index contributed by atoms with van der Waals surface area (Å²) in [5.74, 6) is 0. The summed E-state index contributed by atoms with van der Waals surface area (Å²) in [7, 11) is 2.19. The maximum absolute atomic E-state index is 9.78. The summed E-state index contributed by atoms with van der Waals surface area (Å²) in [6.45, 7) is 3.62. The van der Waals surface area contributed by atoms with E-state index in [4.69, 9.17) is 0 Å². The minimum absolute atomic E-state index is 0.151. The third kappa shape index (κ3) is 3.14. The molecule has 0 aliphatic heterocycles. The highest BCUT2D eigenvalue weighted by atomic mass is 32.1. The Morgan fingerprint density at radius 3 is 2.67 bits per heavy atom. The van der Waals surface area contributed by atoms with Gasteiger partial charge in [0.2, 0.25) is 0 Å². The second kappa shape index (κ2) is 6.18. The van der Waals surface area contributed by atoms with Crippen LogP contribution < -0.4 is 0 Å². The van der Waals surface area contributed by atoms with E-state index in [-0.39, 0.29) is 5.41 Å². The lowest BCUT2D eigenvalue weighted by Gasteiger charge is -2.40. The summed E-state index contributed by atoms with van der Waals surface area (Å²) in [4.78, 5) is 3.83. The van der Waals surface area contributed by atoms with Crippen molar-refractivity contribution in [1.82, 2.24) is 4.90 Å². The van der Waals surface area contributed by atoms with Crippen molar-refractivity contribution in [1.29, 1.82) is 0 Å². The molecule has 1 N–H and O–H groups in total. The first-order valence-corrected chi connectivity index (χ1v) is 7.89. The van der Waals surface area contributed by atoms with E-state index in [9.17, 15) is 5.11 Å². The number of aliphatic hydroxyl groups is 1. The van der Waals surface area contributed by atoms with E-state index in [0.717, 1.165) is 6.54 Å². The normalized spacial score (nSPS) is 21.1. The van der Waals surface area contributed by atoms with Crippen LogP contribution in [0.2, 0.25) is 0 Å². The van der Waals surface area contributed by atoms with Gasteiger partial charge in [-0.1, -0.05) is 25.3 Å². The number of thiophene rings is 1. The fourth-order valence-electron chi connectivity index (χ4n) is 3.08. The van der Waals surface area contributed by atoms with Gasteiger partial charge in [0, 0.05) is 29.5 Å². The number of aliphatic hydroxyl groups excluding tert-OH is 1. The van der Waals surface area contributed by atoms with E-state index in [2.05, 4.69) is 36.4 Å². The molecule has 1 aliphatic carbocycles. The third-order valence-electron chi connectivity index (χ3n) is 4.45. The average Bonchev–Trinajstić information content (AvgIpc) is 2.92. The Morgan fingerprint density at radius 1 is 1.39 bits per heavy atom. The Bertz CT molecular complexity index is 343. The number of rotatable bonds is 5. The van der Waals surface area contributed by atoms with Gasteiger partial charge in [-0.25, -0.2) is 0 Å². The number of nitrogens with zero attached hydrogens (tertiary/aromatic N) is 1. The van der Waals surface area contributed by atoms with Crippen molar-refractivity contribution >= 4 is 11.3 Å². The Hall–Kier alpha value is -0.380. The minimum Gasteiger partial charge on any atom is -0.396 e. The monoisotopic (exact) mass is 267 g/mol. The first kappa shape index (κ1) is 14.0. The molecule has 0 amide bonds. The molecule has 0 radical (unpaired) electrons. The van der Waals surface area contributed by atoms with Crippen molar-refractivity contribution in [2.24, 2.45) is 5.41 Å². The maximum Gasteiger partial charge on any atom is 0.0499 e. The molecule has 18 heavy (non-hydrogen) atoms. The fraction of sp³-hybridized carbons (Fsp3) is 0.733. The fourth-order valence-corrected chi connectivity index (χ4v) is 3.93. The van der Waals surface area contributed by atoms with Crippen LogP contribution in [0.1, 0.15) is 49.9 Å². The maximum atomic E-state index is 9.78. The van der Waals surface area contributed by atoms with Crippen molar-refractivity contribution in [3.8, 4) is 0 Å². The van der Waals surface area contributed by atoms with Gasteiger partial charge in [0.15, 0.2) is 0 Å². The molecule has 0 spiro atoms. The lowest BCUT2D eigenvalue weighted by Crippen LogP contribution is -2.40. The van der Waals surface area contributed by atoms with Gasteiger partial charge in [-0.3, -0.25) is 4.90 Å². The topological polar surface area (TPSA) is 23.5 Å². The SMILES string of the molecule is CC(c1cccs1)N(C)CC1(CO)CCCCC1. The molecule has 1 aromatic heterocycles. The van der Waals surface area contributed by atoms with Crippen molar-refractivity contribution < 1.29 is 5.11 Å². The van der Waals surface area contributed by atoms with Gasteiger partial charge in [0.05, 0.1) is 0 Å². The van der Waals surface area contributed by atoms with E-state index in [1.165, 1.54) is 37.0 Å². The first-order valence-electron chi connectivity index (χ1n) is 7.01. The van der Waals surface area contributed by atoms with Crippen LogP contribution in [0.3, 0.4) is 0 Å². The first-order chi connectivity index (χ1) is 8.67. The molecule has 0 saturated heterocycles. The third-order valence-corrected chi connectivity index (χ3v) is 5.49. The average molecular weight is 267 g/mol. The Morgan fingerprint density at radius 2 is 2.11 bits per heavy atom. The van der Waals surface area contributed by atoms with Gasteiger partial charge >= 0.3 is 0 Å². The molecule has 1 heterocycles. The van der Waals surface area contributed by atoms with Crippen LogP contribution in [0.15, 0.2) is 17.5 Å². The number of hydrogen-bond donors (Lipinski definition) is 1. The highest BCUT2D eigenvalue weighted by Crippen LogP contribution is 2.38. The van der Waals surface area contributed by atoms with Crippen LogP contribution in [0.5, 0.6) is 0 Å². The van der Waals surface area contributed by atoms with Gasteiger partial charge < -0.3 is 5.11 Å². The molecule has 1 fully saturated rings. The molecule has 102 valence electrons. The highest BCUT2D eigenvalue weighted by Gasteiger charge is 2.33. The smallest absolute Gasteiger partial charge is 0.0499 e. The van der Waals surface area contributed by atoms with E-state index in [1.54, 1.807) is 0 Å². The zero-order valence-electron chi connectivity index (χ0n) is 11.6. The molecule has 0 bridgehead atoms. The van der Waals surface area contributed by atoms with E-state index >= 15 is 0 Å². The van der Waals surface area contributed by atoms with Crippen molar-refractivity contribution in [3.05, 3.63) is 22.4 Å². The van der Waals surface area contributed by atoms with Crippen LogP contribution in [0.4, 0.5) is 0 Å². The Kier molecular flexibility index (Phi) is 4.82. The summed E-state index contributed by atoms with van der Waals surface area (Å²) in [5, 5.41) is 11.9. The molecule has 1 unspecified atom stereocenters. The largest absolute Gasteiger partial charge is 0.396 e. The van der Waals surface area contributed by atoms with Crippen LogP contribution in [0, 0.1) is 5.41 Å². The second-order valence-corrected chi connectivity index (χ2v) is 6.80. The molecular weight excluding hydrogens is 242 g/mol. The zero-order chi connectivity index (χ0) is 13.0. The van der Waals surface area contributed by atoms with E-state index < -0.39 is 0 Å². The van der Waals surface area contributed by atoms with Crippen LogP contribution >= 0.6 is 11.3 Å². The predicted octanol–water partition coefficient (Wildman–Crippen LogP) is 3.68. The molecule has 2 nitrogen and oxygen atoms in total. The molecule has 1 atom stereocenters. The summed E-state index contributed by atoms with van der Waals surface area (Å²) < 4.78 is 0. The van der Waals surface area contributed by atoms with Crippen LogP contribution in [-0.4, -0.2) is 30.2 Å². The standard InChI is InChI=1S/C15H25NOS/c1-13(14-7-6-10-18-14)16(2)11-15(12-17)8-4-3-5-9-15/h6-7,10,13,17H,3-5,8-9,11-12H2,1-2H3. The quantitative estimate of drug-likeness (QED) is 0.879. The summed E-state index contributed by atoms with van der Waals surface area (Å²) in [6.07, 6.45) is 6.27. The van der Waals surface area contributed by atoms with Gasteiger partial charge in [0.25, 0.3) is 0 Å². The van der Waals surface area contributed by atoms with Crippen molar-refractivity contribution in [2.75, 3.05) is 20.2 Å². The predicted molar refractivity (Wildman–Crippen MR) is 78.0 cm³/mol. The lowest BCUT2D eigenvalue weighted by atomic mass is 9.74. The molecule has 3 heteroatoms. The highest BCUT2D eigenvalue weighted by molar-refractivity contribution is 7.10. The molecular formula is C15H25NOS. The molecule has 0 aromatic carbocycles. The minimum atomic E-state index is 0.151. The molecule has 1 aromatic rings. The van der Waals surface area contributed by atoms with Gasteiger partial charge in [0.1, 0.15) is 0 Å².